The Hall–Kier alpha value is -1.10. The summed E-state index contributed by atoms with van der Waals surface area (Å²) in [4.78, 5) is 24.3. The van der Waals surface area contributed by atoms with E-state index in [1.807, 2.05) is 27.7 Å². The summed E-state index contributed by atoms with van der Waals surface area (Å²) in [5.74, 6) is 0.279. The molecule has 130 valence electrons. The molecule has 0 radical (unpaired) electrons. The van der Waals surface area contributed by atoms with Gasteiger partial charge >= 0.3 is 0 Å². The van der Waals surface area contributed by atoms with Crippen LogP contribution in [0.15, 0.2) is 0 Å². The molecule has 0 aromatic rings. The summed E-state index contributed by atoms with van der Waals surface area (Å²) in [6.07, 6.45) is 3.75. The molecule has 0 aliphatic heterocycles. The van der Waals surface area contributed by atoms with Crippen molar-refractivity contribution in [1.82, 2.24) is 10.6 Å². The maximum absolute atomic E-state index is 12.4. The van der Waals surface area contributed by atoms with Crippen molar-refractivity contribution in [2.45, 2.75) is 78.8 Å². The van der Waals surface area contributed by atoms with E-state index in [9.17, 15) is 14.7 Å². The molecule has 0 heterocycles. The van der Waals surface area contributed by atoms with E-state index >= 15 is 0 Å². The summed E-state index contributed by atoms with van der Waals surface area (Å²) in [5, 5.41) is 15.1. The van der Waals surface area contributed by atoms with Gasteiger partial charge in [0.15, 0.2) is 0 Å². The Morgan fingerprint density at radius 3 is 2.14 bits per heavy atom. The van der Waals surface area contributed by atoms with Crippen LogP contribution in [0, 0.1) is 11.8 Å². The third-order valence-corrected chi connectivity index (χ3v) is 3.43. The zero-order chi connectivity index (χ0) is 17.1. The van der Waals surface area contributed by atoms with Crippen molar-refractivity contribution in [2.24, 2.45) is 11.8 Å². The van der Waals surface area contributed by atoms with Crippen molar-refractivity contribution in [3.63, 3.8) is 0 Å². The number of hydrogen-bond acceptors (Lipinski definition) is 3. The van der Waals surface area contributed by atoms with Crippen molar-refractivity contribution < 1.29 is 14.7 Å². The van der Waals surface area contributed by atoms with Gasteiger partial charge in [-0.3, -0.25) is 9.59 Å². The average Bonchev–Trinajstić information content (AvgIpc) is 2.40. The predicted octanol–water partition coefficient (Wildman–Crippen LogP) is 2.23. The van der Waals surface area contributed by atoms with Crippen LogP contribution in [0.25, 0.3) is 0 Å². The SMILES string of the molecule is CCCC[C@@H](CO)NC(=O)[C@H](CC(C)C)NC(=O)CC(C)C. The number of rotatable bonds is 11. The fraction of sp³-hybridized carbons (Fsp3) is 0.882. The van der Waals surface area contributed by atoms with Crippen LogP contribution < -0.4 is 10.6 Å². The molecule has 0 bridgehead atoms. The predicted molar refractivity (Wildman–Crippen MR) is 89.4 cm³/mol. The van der Waals surface area contributed by atoms with Crippen LogP contribution in [-0.4, -0.2) is 35.6 Å². The van der Waals surface area contributed by atoms with E-state index in [4.69, 9.17) is 0 Å². The van der Waals surface area contributed by atoms with Crippen molar-refractivity contribution >= 4 is 11.8 Å². The fourth-order valence-electron chi connectivity index (χ4n) is 2.29. The van der Waals surface area contributed by atoms with Gasteiger partial charge < -0.3 is 15.7 Å². The lowest BCUT2D eigenvalue weighted by Crippen LogP contribution is -2.51. The lowest BCUT2D eigenvalue weighted by Gasteiger charge is -2.24. The number of unbranched alkanes of at least 4 members (excludes halogenated alkanes) is 1. The highest BCUT2D eigenvalue weighted by Gasteiger charge is 2.24. The molecule has 0 saturated carbocycles. The van der Waals surface area contributed by atoms with Crippen molar-refractivity contribution in [3.8, 4) is 0 Å². The minimum Gasteiger partial charge on any atom is -0.394 e. The third-order valence-electron chi connectivity index (χ3n) is 3.43. The van der Waals surface area contributed by atoms with Gasteiger partial charge in [-0.15, -0.1) is 0 Å². The van der Waals surface area contributed by atoms with E-state index in [0.29, 0.717) is 18.8 Å². The zero-order valence-electron chi connectivity index (χ0n) is 14.8. The Balaban J connectivity index is 4.64. The third kappa shape index (κ3) is 9.77. The monoisotopic (exact) mass is 314 g/mol. The van der Waals surface area contributed by atoms with Gasteiger partial charge in [0.05, 0.1) is 12.6 Å². The molecule has 0 aliphatic carbocycles. The molecule has 5 nitrogen and oxygen atoms in total. The van der Waals surface area contributed by atoms with Gasteiger partial charge in [0, 0.05) is 6.42 Å². The minimum absolute atomic E-state index is 0.0694. The highest BCUT2D eigenvalue weighted by Crippen LogP contribution is 2.08. The van der Waals surface area contributed by atoms with Crippen LogP contribution in [-0.2, 0) is 9.59 Å². The molecule has 0 saturated heterocycles. The van der Waals surface area contributed by atoms with Crippen LogP contribution in [0.1, 0.15) is 66.7 Å². The molecule has 2 amide bonds. The number of aliphatic hydroxyl groups excluding tert-OH is 1. The second-order valence-corrected chi connectivity index (χ2v) is 6.88. The van der Waals surface area contributed by atoms with E-state index in [-0.39, 0.29) is 30.4 Å². The van der Waals surface area contributed by atoms with Crippen LogP contribution in [0.5, 0.6) is 0 Å². The number of hydrogen-bond donors (Lipinski definition) is 3. The lowest BCUT2D eigenvalue weighted by atomic mass is 10.0. The summed E-state index contributed by atoms with van der Waals surface area (Å²) in [7, 11) is 0. The first-order valence-electron chi connectivity index (χ1n) is 8.50. The number of nitrogens with one attached hydrogen (secondary N) is 2. The molecule has 2 atom stereocenters. The Morgan fingerprint density at radius 2 is 1.68 bits per heavy atom. The van der Waals surface area contributed by atoms with Crippen molar-refractivity contribution in [1.29, 1.82) is 0 Å². The van der Waals surface area contributed by atoms with E-state index in [1.165, 1.54) is 0 Å². The molecule has 0 aromatic carbocycles. The molecule has 0 fully saturated rings. The van der Waals surface area contributed by atoms with Gasteiger partial charge in [0.1, 0.15) is 6.04 Å². The summed E-state index contributed by atoms with van der Waals surface area (Å²) in [6, 6.07) is -0.758. The number of carbonyl (C=O) groups excluding carboxylic acids is 2. The standard InChI is InChI=1S/C17H34N2O3/c1-6-7-8-14(11-20)18-17(22)15(9-12(2)3)19-16(21)10-13(4)5/h12-15,20H,6-11H2,1-5H3,(H,18,22)(H,19,21)/t14-,15-/m0/s1. The summed E-state index contributed by atoms with van der Waals surface area (Å²) in [5.41, 5.74) is 0. The van der Waals surface area contributed by atoms with E-state index in [2.05, 4.69) is 17.6 Å². The second-order valence-electron chi connectivity index (χ2n) is 6.88. The van der Waals surface area contributed by atoms with Crippen LogP contribution in [0.4, 0.5) is 0 Å². The van der Waals surface area contributed by atoms with Gasteiger partial charge in [-0.05, 0) is 24.7 Å². The molecule has 0 rings (SSSR count). The van der Waals surface area contributed by atoms with E-state index in [0.717, 1.165) is 19.3 Å². The van der Waals surface area contributed by atoms with Gasteiger partial charge in [-0.25, -0.2) is 0 Å². The highest BCUT2D eigenvalue weighted by molar-refractivity contribution is 5.87. The molecular weight excluding hydrogens is 280 g/mol. The molecule has 0 aliphatic rings. The van der Waals surface area contributed by atoms with E-state index in [1.54, 1.807) is 0 Å². The van der Waals surface area contributed by atoms with Crippen LogP contribution >= 0.6 is 0 Å². The summed E-state index contributed by atoms with van der Waals surface area (Å²) >= 11 is 0. The Bertz CT molecular complexity index is 330. The second kappa shape index (κ2) is 11.5. The molecule has 0 unspecified atom stereocenters. The summed E-state index contributed by atoms with van der Waals surface area (Å²) < 4.78 is 0. The fourth-order valence-corrected chi connectivity index (χ4v) is 2.29. The first kappa shape index (κ1) is 20.9. The molecule has 3 N–H and O–H groups in total. The maximum Gasteiger partial charge on any atom is 0.242 e. The van der Waals surface area contributed by atoms with Gasteiger partial charge in [-0.2, -0.15) is 0 Å². The van der Waals surface area contributed by atoms with Crippen molar-refractivity contribution in [3.05, 3.63) is 0 Å². The Kier molecular flexibility index (Phi) is 10.9. The lowest BCUT2D eigenvalue weighted by molar-refractivity contribution is -0.130. The molecule has 5 heteroatoms. The smallest absolute Gasteiger partial charge is 0.242 e. The Labute approximate surface area is 135 Å². The van der Waals surface area contributed by atoms with Crippen molar-refractivity contribution in [2.75, 3.05) is 6.61 Å². The molecule has 0 aromatic heterocycles. The zero-order valence-corrected chi connectivity index (χ0v) is 14.8. The van der Waals surface area contributed by atoms with E-state index < -0.39 is 6.04 Å². The topological polar surface area (TPSA) is 78.4 Å². The van der Waals surface area contributed by atoms with Crippen LogP contribution in [0.2, 0.25) is 0 Å². The molecule has 0 spiro atoms. The maximum atomic E-state index is 12.4. The van der Waals surface area contributed by atoms with Gasteiger partial charge in [0.25, 0.3) is 0 Å². The van der Waals surface area contributed by atoms with Gasteiger partial charge in [-0.1, -0.05) is 47.5 Å². The Morgan fingerprint density at radius 1 is 1.05 bits per heavy atom. The number of aliphatic hydroxyl groups is 1. The van der Waals surface area contributed by atoms with Gasteiger partial charge in [0.2, 0.25) is 11.8 Å². The molecule has 22 heavy (non-hydrogen) atoms. The first-order valence-corrected chi connectivity index (χ1v) is 8.50. The quantitative estimate of drug-likeness (QED) is 0.547. The first-order chi connectivity index (χ1) is 10.3. The van der Waals surface area contributed by atoms with Crippen LogP contribution in [0.3, 0.4) is 0 Å². The highest BCUT2D eigenvalue weighted by atomic mass is 16.3. The normalized spacial score (nSPS) is 14.0. The minimum atomic E-state index is -0.526. The number of carbonyl (C=O) groups is 2. The largest absolute Gasteiger partial charge is 0.394 e. The molecular formula is C17H34N2O3. The average molecular weight is 314 g/mol. The summed E-state index contributed by atoms with van der Waals surface area (Å²) in [6.45, 7) is 10.0. The number of amides is 2.